The number of carboxylic acid groups (broad SMARTS) is 1. The van der Waals surface area contributed by atoms with E-state index in [0.29, 0.717) is 35.5 Å². The van der Waals surface area contributed by atoms with Crippen LogP contribution in [0.25, 0.3) is 5.52 Å². The van der Waals surface area contributed by atoms with Crippen molar-refractivity contribution in [3.63, 3.8) is 0 Å². The lowest BCUT2D eigenvalue weighted by Crippen LogP contribution is -2.26. The zero-order valence-corrected chi connectivity index (χ0v) is 11.3. The number of hydrogen-bond acceptors (Lipinski definition) is 5. The van der Waals surface area contributed by atoms with E-state index in [-0.39, 0.29) is 11.8 Å². The maximum absolute atomic E-state index is 10.9. The van der Waals surface area contributed by atoms with Crippen molar-refractivity contribution < 1.29 is 15.0 Å². The predicted molar refractivity (Wildman–Crippen MR) is 67.1 cm³/mol. The van der Waals surface area contributed by atoms with Gasteiger partial charge in [-0.3, -0.25) is 0 Å². The van der Waals surface area contributed by atoms with Gasteiger partial charge in [0.25, 0.3) is 0 Å². The molecule has 0 aromatic carbocycles. The second kappa shape index (κ2) is 4.34. The van der Waals surface area contributed by atoms with Crippen molar-refractivity contribution in [2.24, 2.45) is 0 Å². The first-order valence-electron chi connectivity index (χ1n) is 5.64. The Morgan fingerprint density at radius 3 is 3.00 bits per heavy atom. The average molecular weight is 328 g/mol. The third-order valence-electron chi connectivity index (χ3n) is 3.22. The van der Waals surface area contributed by atoms with Gasteiger partial charge in [0.15, 0.2) is 5.52 Å². The molecule has 0 saturated carbocycles. The molecule has 3 rings (SSSR count). The van der Waals surface area contributed by atoms with Crippen LogP contribution in [0.4, 0.5) is 4.79 Å². The Morgan fingerprint density at radius 2 is 2.32 bits per heavy atom. The summed E-state index contributed by atoms with van der Waals surface area (Å²) in [5.74, 6) is 0.432. The highest BCUT2D eigenvalue weighted by atomic mass is 79.9. The maximum Gasteiger partial charge on any atom is 0.407 e. The van der Waals surface area contributed by atoms with Gasteiger partial charge in [0, 0.05) is 19.0 Å². The summed E-state index contributed by atoms with van der Waals surface area (Å²) in [6.07, 6.45) is 0.992. The quantitative estimate of drug-likeness (QED) is 0.811. The van der Waals surface area contributed by atoms with Crippen LogP contribution in [0.5, 0.6) is 5.88 Å². The predicted octanol–water partition coefficient (Wildman–Crippen LogP) is 1.06. The molecule has 9 heteroatoms. The van der Waals surface area contributed by atoms with E-state index in [0.717, 1.165) is 0 Å². The van der Waals surface area contributed by atoms with Gasteiger partial charge in [-0.2, -0.15) is 10.1 Å². The number of hydrogen-bond donors (Lipinski definition) is 2. The van der Waals surface area contributed by atoms with E-state index in [4.69, 9.17) is 5.11 Å². The van der Waals surface area contributed by atoms with Crippen LogP contribution in [-0.4, -0.2) is 53.9 Å². The highest BCUT2D eigenvalue weighted by Gasteiger charge is 2.31. The van der Waals surface area contributed by atoms with Gasteiger partial charge in [-0.05, 0) is 22.4 Å². The summed E-state index contributed by atoms with van der Waals surface area (Å²) in [5, 5.41) is 22.7. The van der Waals surface area contributed by atoms with Crippen molar-refractivity contribution in [2.75, 3.05) is 13.1 Å². The van der Waals surface area contributed by atoms with E-state index in [2.05, 4.69) is 31.0 Å². The lowest BCUT2D eigenvalue weighted by Gasteiger charge is -2.11. The molecule has 0 bridgehead atoms. The molecule has 0 unspecified atom stereocenters. The number of halogens is 1. The largest absolute Gasteiger partial charge is 0.492 e. The van der Waals surface area contributed by atoms with Gasteiger partial charge >= 0.3 is 6.09 Å². The molecule has 19 heavy (non-hydrogen) atoms. The Kier molecular flexibility index (Phi) is 2.77. The number of aromatic nitrogens is 4. The first-order valence-corrected chi connectivity index (χ1v) is 6.43. The summed E-state index contributed by atoms with van der Waals surface area (Å²) < 4.78 is 1.96. The fraction of sp³-hybridized carbons (Fsp3) is 0.400. The van der Waals surface area contributed by atoms with Gasteiger partial charge in [0.05, 0.1) is 0 Å². The second-order valence-electron chi connectivity index (χ2n) is 4.32. The van der Waals surface area contributed by atoms with Gasteiger partial charge in [-0.1, -0.05) is 0 Å². The second-order valence-corrected chi connectivity index (χ2v) is 5.07. The van der Waals surface area contributed by atoms with Crippen molar-refractivity contribution in [1.29, 1.82) is 0 Å². The third kappa shape index (κ3) is 1.89. The minimum Gasteiger partial charge on any atom is -0.492 e. The molecule has 1 saturated heterocycles. The molecule has 0 radical (unpaired) electrons. The number of rotatable bonds is 1. The van der Waals surface area contributed by atoms with Crippen LogP contribution in [0.3, 0.4) is 0 Å². The average Bonchev–Trinajstić information content (AvgIpc) is 2.95. The smallest absolute Gasteiger partial charge is 0.407 e. The monoisotopic (exact) mass is 327 g/mol. The molecule has 2 N–H and O–H groups in total. The summed E-state index contributed by atoms with van der Waals surface area (Å²) >= 11 is 3.26. The Balaban J connectivity index is 2.03. The standard InChI is InChI=1S/C10H10BrN5O3/c11-7-6-9(17)12-4-13-16(6)8(14-7)5-1-2-15(3-5)10(18)19/h4-5H,1-3H2,(H,18,19)(H,12,13,17)/t5-/m0/s1. The summed E-state index contributed by atoms with van der Waals surface area (Å²) in [4.78, 5) is 20.3. The summed E-state index contributed by atoms with van der Waals surface area (Å²) in [7, 11) is 0. The fourth-order valence-electron chi connectivity index (χ4n) is 2.31. The van der Waals surface area contributed by atoms with Crippen LogP contribution >= 0.6 is 15.9 Å². The van der Waals surface area contributed by atoms with Crippen molar-refractivity contribution in [3.8, 4) is 5.88 Å². The molecule has 2 aromatic rings. The zero-order chi connectivity index (χ0) is 13.6. The molecular weight excluding hydrogens is 318 g/mol. The molecule has 8 nitrogen and oxygen atoms in total. The minimum atomic E-state index is -0.931. The number of fused-ring (bicyclic) bond motifs is 1. The summed E-state index contributed by atoms with van der Waals surface area (Å²) in [5.41, 5.74) is 0.395. The number of amides is 1. The SMILES string of the molecule is O=C(O)N1CC[C@H](c2nc(Br)c3c(O)ncnn23)C1. The van der Waals surface area contributed by atoms with Crippen molar-refractivity contribution in [3.05, 3.63) is 16.8 Å². The van der Waals surface area contributed by atoms with Gasteiger partial charge < -0.3 is 15.1 Å². The van der Waals surface area contributed by atoms with Gasteiger partial charge in [-0.15, -0.1) is 0 Å². The van der Waals surface area contributed by atoms with E-state index in [1.165, 1.54) is 15.7 Å². The Bertz CT molecular complexity index is 658. The maximum atomic E-state index is 10.9. The molecule has 3 heterocycles. The van der Waals surface area contributed by atoms with E-state index < -0.39 is 6.09 Å². The van der Waals surface area contributed by atoms with E-state index in [1.54, 1.807) is 0 Å². The molecular formula is C10H10BrN5O3. The zero-order valence-electron chi connectivity index (χ0n) is 9.69. The minimum absolute atomic E-state index is 0.0378. The Hall–Kier alpha value is -1.90. The Morgan fingerprint density at radius 1 is 1.53 bits per heavy atom. The molecule has 0 aliphatic carbocycles. The molecule has 1 amide bonds. The number of aromatic hydroxyl groups is 1. The van der Waals surface area contributed by atoms with Gasteiger partial charge in [0.1, 0.15) is 16.8 Å². The number of nitrogens with zero attached hydrogens (tertiary/aromatic N) is 5. The fourth-order valence-corrected chi connectivity index (χ4v) is 2.84. The number of likely N-dealkylation sites (tertiary alicyclic amines) is 1. The molecule has 100 valence electrons. The summed E-state index contributed by atoms with van der Waals surface area (Å²) in [6.45, 7) is 0.856. The van der Waals surface area contributed by atoms with E-state index in [1.807, 2.05) is 0 Å². The van der Waals surface area contributed by atoms with Crippen LogP contribution in [-0.2, 0) is 0 Å². The molecule has 2 aromatic heterocycles. The summed E-state index contributed by atoms with van der Waals surface area (Å²) in [6, 6.07) is 0. The Labute approximate surface area is 115 Å². The van der Waals surface area contributed by atoms with Crippen LogP contribution in [0.1, 0.15) is 18.2 Å². The van der Waals surface area contributed by atoms with Crippen LogP contribution < -0.4 is 0 Å². The highest BCUT2D eigenvalue weighted by molar-refractivity contribution is 9.10. The van der Waals surface area contributed by atoms with Gasteiger partial charge in [0.2, 0.25) is 5.88 Å². The van der Waals surface area contributed by atoms with E-state index in [9.17, 15) is 9.90 Å². The van der Waals surface area contributed by atoms with Crippen molar-refractivity contribution in [2.45, 2.75) is 12.3 Å². The first kappa shape index (κ1) is 12.2. The third-order valence-corrected chi connectivity index (χ3v) is 3.77. The van der Waals surface area contributed by atoms with E-state index >= 15 is 0 Å². The molecule has 1 fully saturated rings. The first-order chi connectivity index (χ1) is 9.08. The topological polar surface area (TPSA) is 104 Å². The number of carbonyl (C=O) groups is 1. The normalized spacial score (nSPS) is 19.2. The van der Waals surface area contributed by atoms with Crippen LogP contribution in [0.15, 0.2) is 10.9 Å². The van der Waals surface area contributed by atoms with Crippen molar-refractivity contribution in [1.82, 2.24) is 24.5 Å². The van der Waals surface area contributed by atoms with Crippen LogP contribution in [0, 0.1) is 0 Å². The molecule has 1 atom stereocenters. The molecule has 1 aliphatic heterocycles. The van der Waals surface area contributed by atoms with Crippen LogP contribution in [0.2, 0.25) is 0 Å². The highest BCUT2D eigenvalue weighted by Crippen LogP contribution is 2.31. The lowest BCUT2D eigenvalue weighted by molar-refractivity contribution is 0.155. The lowest BCUT2D eigenvalue weighted by atomic mass is 10.1. The molecule has 0 spiro atoms. The number of imidazole rings is 1. The van der Waals surface area contributed by atoms with Gasteiger partial charge in [-0.25, -0.2) is 14.3 Å². The molecule has 1 aliphatic rings. The van der Waals surface area contributed by atoms with Crippen molar-refractivity contribution >= 4 is 27.5 Å².